The predicted octanol–water partition coefficient (Wildman–Crippen LogP) is -0.555. The molecule has 0 amide bonds. The lowest BCUT2D eigenvalue weighted by Gasteiger charge is -2.25. The van der Waals surface area contributed by atoms with E-state index in [0.29, 0.717) is 6.42 Å². The Morgan fingerprint density at radius 3 is 2.22 bits per heavy atom. The molecule has 2 atom stereocenters. The van der Waals surface area contributed by atoms with Crippen molar-refractivity contribution in [3.63, 3.8) is 0 Å². The molecule has 4 heteroatoms. The molecule has 0 aromatic carbocycles. The quantitative estimate of drug-likeness (QED) is 0.309. The van der Waals surface area contributed by atoms with E-state index in [4.69, 9.17) is 15.4 Å². The summed E-state index contributed by atoms with van der Waals surface area (Å²) in [6.07, 6.45) is -0.899. The number of hydrogen-bond acceptors (Lipinski definition) is 4. The Kier molecular flexibility index (Phi) is 3.07. The molecule has 0 aliphatic rings. The third-order valence-corrected chi connectivity index (χ3v) is 1.43. The Morgan fingerprint density at radius 1 is 1.67 bits per heavy atom. The summed E-state index contributed by atoms with van der Waals surface area (Å²) in [6.45, 7) is 3.14. The summed E-state index contributed by atoms with van der Waals surface area (Å²) in [5.74, 6) is 0. The Hall–Kier alpha value is -0.160. The van der Waals surface area contributed by atoms with Gasteiger partial charge in [-0.1, -0.05) is 6.92 Å². The molecule has 4 N–H and O–H groups in total. The first-order valence-corrected chi connectivity index (χ1v) is 2.84. The maximum absolute atomic E-state index is 9.12. The van der Waals surface area contributed by atoms with Crippen LogP contribution in [0.3, 0.4) is 0 Å². The fraction of sp³-hybridized carbons (Fsp3) is 1.00. The monoisotopic (exact) mass is 135 g/mol. The molecule has 0 aliphatic carbocycles. The van der Waals surface area contributed by atoms with E-state index in [2.05, 4.69) is 0 Å². The molecule has 0 aromatic heterocycles. The van der Waals surface area contributed by atoms with Crippen molar-refractivity contribution in [3.8, 4) is 0 Å². The normalized spacial score (nSPS) is 21.0. The highest BCUT2D eigenvalue weighted by molar-refractivity contribution is 4.75. The lowest BCUT2D eigenvalue weighted by molar-refractivity contribution is -0.128. The second kappa shape index (κ2) is 3.12. The third kappa shape index (κ3) is 2.28. The van der Waals surface area contributed by atoms with Gasteiger partial charge in [-0.05, 0) is 13.3 Å². The van der Waals surface area contributed by atoms with E-state index in [1.165, 1.54) is 6.92 Å². The average Bonchev–Trinajstić information content (AvgIpc) is 1.86. The average molecular weight is 135 g/mol. The number of rotatable bonds is 3. The summed E-state index contributed by atoms with van der Waals surface area (Å²) in [5.41, 5.74) is 0.306. The van der Waals surface area contributed by atoms with Crippen LogP contribution in [0.2, 0.25) is 0 Å². The van der Waals surface area contributed by atoms with E-state index in [0.717, 1.165) is 0 Å². The largest absolute Gasteiger partial charge is 0.386 e. The number of nitrogens with one attached hydrogen (secondary N) is 1. The molecule has 2 unspecified atom stereocenters. The van der Waals surface area contributed by atoms with Gasteiger partial charge in [0.05, 0.1) is 0 Å². The fourth-order valence-electron chi connectivity index (χ4n) is 0.332. The minimum absolute atomic E-state index is 0.377. The van der Waals surface area contributed by atoms with Crippen LogP contribution in [0.5, 0.6) is 0 Å². The van der Waals surface area contributed by atoms with Crippen molar-refractivity contribution < 1.29 is 15.4 Å². The van der Waals surface area contributed by atoms with Gasteiger partial charge in [-0.2, -0.15) is 5.48 Å². The smallest absolute Gasteiger partial charge is 0.155 e. The summed E-state index contributed by atoms with van der Waals surface area (Å²) in [7, 11) is 0. The molecule has 0 radical (unpaired) electrons. The molecule has 0 aliphatic heterocycles. The van der Waals surface area contributed by atoms with E-state index in [9.17, 15) is 0 Å². The predicted molar refractivity (Wildman–Crippen MR) is 31.8 cm³/mol. The molecular formula is C5H13NO3. The zero-order valence-corrected chi connectivity index (χ0v) is 5.63. The number of aliphatic hydroxyl groups is 2. The van der Waals surface area contributed by atoms with Gasteiger partial charge in [0.2, 0.25) is 0 Å². The lowest BCUT2D eigenvalue weighted by Crippen LogP contribution is -2.47. The SMILES string of the molecule is CCC(C)(O)C(O)NO. The molecule has 0 heterocycles. The Morgan fingerprint density at radius 2 is 2.11 bits per heavy atom. The van der Waals surface area contributed by atoms with Gasteiger partial charge in [0.1, 0.15) is 5.60 Å². The summed E-state index contributed by atoms with van der Waals surface area (Å²) >= 11 is 0. The number of aliphatic hydroxyl groups excluding tert-OH is 1. The Labute approximate surface area is 54.1 Å². The second-order valence-corrected chi connectivity index (χ2v) is 2.24. The molecule has 9 heavy (non-hydrogen) atoms. The van der Waals surface area contributed by atoms with Crippen LogP contribution >= 0.6 is 0 Å². The van der Waals surface area contributed by atoms with E-state index >= 15 is 0 Å². The van der Waals surface area contributed by atoms with Gasteiger partial charge in [-0.15, -0.1) is 0 Å². The first-order chi connectivity index (χ1) is 4.04. The Bertz CT molecular complexity index is 84.3. The highest BCUT2D eigenvalue weighted by Gasteiger charge is 2.27. The van der Waals surface area contributed by atoms with E-state index < -0.39 is 11.8 Å². The van der Waals surface area contributed by atoms with Crippen LogP contribution in [-0.4, -0.2) is 27.2 Å². The highest BCUT2D eigenvalue weighted by Crippen LogP contribution is 2.10. The van der Waals surface area contributed by atoms with Crippen LogP contribution in [-0.2, 0) is 0 Å². The molecule has 56 valence electrons. The minimum Gasteiger partial charge on any atom is -0.386 e. The molecule has 0 aromatic rings. The van der Waals surface area contributed by atoms with Crippen LogP contribution in [0.1, 0.15) is 20.3 Å². The lowest BCUT2D eigenvalue weighted by atomic mass is 10.0. The maximum Gasteiger partial charge on any atom is 0.155 e. The van der Waals surface area contributed by atoms with Crippen molar-refractivity contribution in [2.45, 2.75) is 32.1 Å². The molecule has 4 nitrogen and oxygen atoms in total. The standard InChI is InChI=1S/C5H13NO3/c1-3-5(2,8)4(7)6-9/h4,6-9H,3H2,1-2H3. The molecule has 0 rings (SSSR count). The minimum atomic E-state index is -1.28. The van der Waals surface area contributed by atoms with Gasteiger partial charge in [0, 0.05) is 0 Å². The highest BCUT2D eigenvalue weighted by atomic mass is 16.5. The van der Waals surface area contributed by atoms with Gasteiger partial charge in [-0.25, -0.2) is 0 Å². The van der Waals surface area contributed by atoms with Gasteiger partial charge >= 0.3 is 0 Å². The molecule has 0 fully saturated rings. The van der Waals surface area contributed by atoms with Gasteiger partial charge in [0.15, 0.2) is 6.23 Å². The molecule has 0 spiro atoms. The number of hydrogen-bond donors (Lipinski definition) is 4. The van der Waals surface area contributed by atoms with Crippen LogP contribution in [0.4, 0.5) is 0 Å². The topological polar surface area (TPSA) is 72.7 Å². The Balaban J connectivity index is 3.80. The van der Waals surface area contributed by atoms with Crippen molar-refractivity contribution >= 4 is 0 Å². The van der Waals surface area contributed by atoms with Crippen LogP contribution < -0.4 is 5.48 Å². The zero-order valence-electron chi connectivity index (χ0n) is 5.63. The molecular weight excluding hydrogens is 122 g/mol. The molecule has 0 bridgehead atoms. The van der Waals surface area contributed by atoms with Gasteiger partial charge < -0.3 is 15.4 Å². The molecule has 0 saturated carbocycles. The van der Waals surface area contributed by atoms with Crippen molar-refractivity contribution in [2.24, 2.45) is 0 Å². The second-order valence-electron chi connectivity index (χ2n) is 2.24. The fourth-order valence-corrected chi connectivity index (χ4v) is 0.332. The van der Waals surface area contributed by atoms with Crippen molar-refractivity contribution in [2.75, 3.05) is 0 Å². The molecule has 0 saturated heterocycles. The summed E-state index contributed by atoms with van der Waals surface area (Å²) in [6, 6.07) is 0. The number of hydroxylamine groups is 1. The summed E-state index contributed by atoms with van der Waals surface area (Å²) in [4.78, 5) is 0. The first kappa shape index (κ1) is 8.84. The van der Waals surface area contributed by atoms with Gasteiger partial charge in [-0.3, -0.25) is 0 Å². The third-order valence-electron chi connectivity index (χ3n) is 1.43. The summed E-state index contributed by atoms with van der Waals surface area (Å²) < 4.78 is 0. The van der Waals surface area contributed by atoms with Crippen molar-refractivity contribution in [1.82, 2.24) is 5.48 Å². The van der Waals surface area contributed by atoms with Crippen LogP contribution in [0.25, 0.3) is 0 Å². The zero-order chi connectivity index (χ0) is 7.49. The van der Waals surface area contributed by atoms with Crippen LogP contribution in [0, 0.1) is 0 Å². The van der Waals surface area contributed by atoms with Crippen LogP contribution in [0.15, 0.2) is 0 Å². The van der Waals surface area contributed by atoms with Crippen molar-refractivity contribution in [3.05, 3.63) is 0 Å². The first-order valence-electron chi connectivity index (χ1n) is 2.84. The van der Waals surface area contributed by atoms with E-state index in [1.807, 2.05) is 0 Å². The van der Waals surface area contributed by atoms with Gasteiger partial charge in [0.25, 0.3) is 0 Å². The van der Waals surface area contributed by atoms with E-state index in [1.54, 1.807) is 12.4 Å². The maximum atomic E-state index is 9.12. The van der Waals surface area contributed by atoms with Crippen molar-refractivity contribution in [1.29, 1.82) is 0 Å². The van der Waals surface area contributed by atoms with E-state index in [-0.39, 0.29) is 0 Å². The summed E-state index contributed by atoms with van der Waals surface area (Å²) in [5, 5.41) is 26.0.